The molecule has 0 aliphatic carbocycles. The van der Waals surface area contributed by atoms with Crippen molar-refractivity contribution in [2.24, 2.45) is 0 Å². The highest BCUT2D eigenvalue weighted by atomic mass is 19.4. The fourth-order valence-corrected chi connectivity index (χ4v) is 4.49. The number of piperazine rings is 1. The molecular formula is C22H25F3N6O. The van der Waals surface area contributed by atoms with Gasteiger partial charge in [0, 0.05) is 38.3 Å². The van der Waals surface area contributed by atoms with Crippen LogP contribution < -0.4 is 4.90 Å². The molecule has 3 aromatic rings. The van der Waals surface area contributed by atoms with Gasteiger partial charge in [-0.2, -0.15) is 13.2 Å². The number of hydrogen-bond acceptors (Lipinski definition) is 6. The minimum absolute atomic E-state index is 0.0480. The number of benzene rings is 1. The Morgan fingerprint density at radius 2 is 1.78 bits per heavy atom. The van der Waals surface area contributed by atoms with Crippen molar-refractivity contribution >= 4 is 17.0 Å². The molecular weight excluding hydrogens is 421 g/mol. The number of ether oxygens (including phenoxy) is 1. The average Bonchev–Trinajstić information content (AvgIpc) is 3.40. The van der Waals surface area contributed by atoms with E-state index in [1.165, 1.54) is 12.1 Å². The van der Waals surface area contributed by atoms with Crippen LogP contribution in [-0.4, -0.2) is 70.9 Å². The summed E-state index contributed by atoms with van der Waals surface area (Å²) in [4.78, 5) is 18.5. The predicted octanol–water partition coefficient (Wildman–Crippen LogP) is 3.53. The first-order chi connectivity index (χ1) is 15.3. The van der Waals surface area contributed by atoms with Crippen LogP contribution >= 0.6 is 0 Å². The first-order valence-corrected chi connectivity index (χ1v) is 10.8. The summed E-state index contributed by atoms with van der Waals surface area (Å²) in [7, 11) is 2.07. The van der Waals surface area contributed by atoms with Gasteiger partial charge in [0.05, 0.1) is 18.2 Å². The van der Waals surface area contributed by atoms with Gasteiger partial charge in [-0.15, -0.1) is 0 Å². The van der Waals surface area contributed by atoms with Gasteiger partial charge in [-0.05, 0) is 26.5 Å². The Kier molecular flexibility index (Phi) is 5.29. The molecule has 2 aliphatic rings. The maximum atomic E-state index is 13.9. The number of nitrogens with zero attached hydrogens (tertiary/aromatic N) is 6. The summed E-state index contributed by atoms with van der Waals surface area (Å²) in [5.74, 6) is 1.52. The van der Waals surface area contributed by atoms with Crippen LogP contribution in [0, 0.1) is 6.92 Å². The fourth-order valence-electron chi connectivity index (χ4n) is 4.49. The molecule has 0 amide bonds. The van der Waals surface area contributed by atoms with Gasteiger partial charge in [-0.3, -0.25) is 0 Å². The van der Waals surface area contributed by atoms with E-state index in [1.54, 1.807) is 6.07 Å². The molecule has 1 aromatic carbocycles. The number of alkyl halides is 3. The summed E-state index contributed by atoms with van der Waals surface area (Å²) in [5, 5.41) is 0. The highest BCUT2D eigenvalue weighted by Gasteiger charge is 2.36. The Morgan fingerprint density at radius 3 is 2.47 bits per heavy atom. The lowest BCUT2D eigenvalue weighted by atomic mass is 10.1. The molecule has 7 nitrogen and oxygen atoms in total. The lowest BCUT2D eigenvalue weighted by molar-refractivity contribution is -0.137. The number of fused-ring (bicyclic) bond motifs is 1. The van der Waals surface area contributed by atoms with E-state index in [9.17, 15) is 13.2 Å². The first kappa shape index (κ1) is 21.1. The van der Waals surface area contributed by atoms with Crippen LogP contribution in [0.1, 0.15) is 23.9 Å². The zero-order valence-corrected chi connectivity index (χ0v) is 18.1. The molecule has 2 aromatic heterocycles. The Hall–Kier alpha value is -2.72. The second-order valence-corrected chi connectivity index (χ2v) is 8.42. The first-order valence-electron chi connectivity index (χ1n) is 10.8. The van der Waals surface area contributed by atoms with Crippen molar-refractivity contribution in [3.63, 3.8) is 0 Å². The number of aromatic nitrogens is 4. The molecule has 4 heterocycles. The van der Waals surface area contributed by atoms with Crippen molar-refractivity contribution in [1.82, 2.24) is 24.4 Å². The molecule has 1 atom stereocenters. The van der Waals surface area contributed by atoms with Crippen molar-refractivity contribution in [3.8, 4) is 11.4 Å². The lowest BCUT2D eigenvalue weighted by Crippen LogP contribution is -2.45. The predicted molar refractivity (Wildman–Crippen MR) is 115 cm³/mol. The number of likely N-dealkylation sites (N-methyl/N-ethyl adjacent to an activating group) is 1. The van der Waals surface area contributed by atoms with Crippen LogP contribution in [-0.2, 0) is 10.9 Å². The Morgan fingerprint density at radius 1 is 1.03 bits per heavy atom. The topological polar surface area (TPSA) is 59.3 Å². The molecule has 2 fully saturated rings. The number of aryl methyl sites for hydroxylation is 1. The van der Waals surface area contributed by atoms with Gasteiger partial charge >= 0.3 is 6.18 Å². The third-order valence-corrected chi connectivity index (χ3v) is 6.18. The van der Waals surface area contributed by atoms with Gasteiger partial charge in [0.25, 0.3) is 0 Å². The van der Waals surface area contributed by atoms with Crippen molar-refractivity contribution in [2.45, 2.75) is 25.6 Å². The van der Waals surface area contributed by atoms with Crippen LogP contribution in [0.25, 0.3) is 22.6 Å². The SMILES string of the molecule is Cc1nc(N2CCN(C)CC2)c2nc(-c3ccccc3C(F)(F)F)n([C@@H]3CCOC3)c2n1. The van der Waals surface area contributed by atoms with Crippen LogP contribution in [0.2, 0.25) is 0 Å². The summed E-state index contributed by atoms with van der Waals surface area (Å²) < 4.78 is 49.0. The Balaban J connectivity index is 1.75. The van der Waals surface area contributed by atoms with Gasteiger partial charge in [-0.25, -0.2) is 15.0 Å². The zero-order valence-electron chi connectivity index (χ0n) is 18.1. The molecule has 0 unspecified atom stereocenters. The normalized spacial score (nSPS) is 20.4. The Bertz CT molecular complexity index is 1130. The van der Waals surface area contributed by atoms with E-state index in [4.69, 9.17) is 9.72 Å². The van der Waals surface area contributed by atoms with Gasteiger partial charge in [-0.1, -0.05) is 18.2 Å². The standard InChI is InChI=1S/C22H25F3N6O/c1-14-26-20(30-10-8-29(2)9-11-30)18-21(27-14)31(15-7-12-32-13-15)19(28-18)16-5-3-4-6-17(16)22(23,24)25/h3-6,15H,7-13H2,1-2H3/t15-/m1/s1. The number of halogens is 3. The molecule has 0 radical (unpaired) electrons. The molecule has 2 saturated heterocycles. The van der Waals surface area contributed by atoms with E-state index < -0.39 is 11.7 Å². The number of anilines is 1. The summed E-state index contributed by atoms with van der Waals surface area (Å²) in [6, 6.07) is 5.45. The second kappa shape index (κ2) is 8.00. The van der Waals surface area contributed by atoms with Crippen LogP contribution in [0.4, 0.5) is 19.0 Å². The van der Waals surface area contributed by atoms with E-state index in [2.05, 4.69) is 26.8 Å². The van der Waals surface area contributed by atoms with Gasteiger partial charge in [0.15, 0.2) is 17.0 Å². The molecule has 0 N–H and O–H groups in total. The van der Waals surface area contributed by atoms with E-state index in [1.807, 2.05) is 11.5 Å². The van der Waals surface area contributed by atoms with Crippen molar-refractivity contribution in [2.75, 3.05) is 51.3 Å². The summed E-state index contributed by atoms with van der Waals surface area (Å²) in [5.41, 5.74) is 0.445. The highest BCUT2D eigenvalue weighted by molar-refractivity contribution is 5.88. The quantitative estimate of drug-likeness (QED) is 0.614. The van der Waals surface area contributed by atoms with Crippen molar-refractivity contribution < 1.29 is 17.9 Å². The summed E-state index contributed by atoms with van der Waals surface area (Å²) >= 11 is 0. The second-order valence-electron chi connectivity index (χ2n) is 8.42. The fraction of sp³-hybridized carbons (Fsp3) is 0.500. The average molecular weight is 446 g/mol. The molecule has 32 heavy (non-hydrogen) atoms. The van der Waals surface area contributed by atoms with E-state index in [0.717, 1.165) is 32.2 Å². The van der Waals surface area contributed by atoms with E-state index >= 15 is 0 Å². The molecule has 170 valence electrons. The maximum absolute atomic E-state index is 13.9. The molecule has 0 saturated carbocycles. The van der Waals surface area contributed by atoms with Crippen molar-refractivity contribution in [1.29, 1.82) is 0 Å². The third kappa shape index (κ3) is 3.71. The third-order valence-electron chi connectivity index (χ3n) is 6.18. The molecule has 0 spiro atoms. The number of hydrogen-bond donors (Lipinski definition) is 0. The van der Waals surface area contributed by atoms with Gasteiger partial charge in [0.1, 0.15) is 11.6 Å². The largest absolute Gasteiger partial charge is 0.417 e. The monoisotopic (exact) mass is 446 g/mol. The van der Waals surface area contributed by atoms with Crippen LogP contribution in [0.5, 0.6) is 0 Å². The number of rotatable bonds is 3. The molecule has 2 aliphatic heterocycles. The molecule has 10 heteroatoms. The zero-order chi connectivity index (χ0) is 22.5. The van der Waals surface area contributed by atoms with Crippen molar-refractivity contribution in [3.05, 3.63) is 35.7 Å². The highest BCUT2D eigenvalue weighted by Crippen LogP contribution is 2.40. The summed E-state index contributed by atoms with van der Waals surface area (Å²) in [6.45, 7) is 6.09. The van der Waals surface area contributed by atoms with Crippen LogP contribution in [0.3, 0.4) is 0 Å². The van der Waals surface area contributed by atoms with E-state index in [0.29, 0.717) is 42.4 Å². The smallest absolute Gasteiger partial charge is 0.379 e. The molecule has 0 bridgehead atoms. The lowest BCUT2D eigenvalue weighted by Gasteiger charge is -2.33. The van der Waals surface area contributed by atoms with Gasteiger partial charge in [0.2, 0.25) is 0 Å². The van der Waals surface area contributed by atoms with Gasteiger partial charge < -0.3 is 19.1 Å². The van der Waals surface area contributed by atoms with E-state index in [-0.39, 0.29) is 17.4 Å². The molecule has 5 rings (SSSR count). The maximum Gasteiger partial charge on any atom is 0.417 e. The minimum Gasteiger partial charge on any atom is -0.379 e. The number of imidazole rings is 1. The Labute approximate surface area is 183 Å². The van der Waals surface area contributed by atoms with Crippen LogP contribution in [0.15, 0.2) is 24.3 Å². The summed E-state index contributed by atoms with van der Waals surface area (Å²) in [6.07, 6.45) is -3.80. The minimum atomic E-state index is -4.49.